The topological polar surface area (TPSA) is 88.5 Å². The van der Waals surface area contributed by atoms with Gasteiger partial charge in [0.2, 0.25) is 11.8 Å². The minimum absolute atomic E-state index is 0.0290. The third kappa shape index (κ3) is 5.37. The zero-order chi connectivity index (χ0) is 14.3. The second-order valence-corrected chi connectivity index (χ2v) is 4.24. The van der Waals surface area contributed by atoms with Crippen molar-refractivity contribution in [2.24, 2.45) is 5.92 Å². The van der Waals surface area contributed by atoms with Gasteiger partial charge in [0.1, 0.15) is 5.69 Å². The fourth-order valence-electron chi connectivity index (χ4n) is 1.63. The summed E-state index contributed by atoms with van der Waals surface area (Å²) in [7, 11) is 0. The number of carbonyl (C=O) groups excluding carboxylic acids is 1. The maximum Gasteiger partial charge on any atom is 0.303 e. The van der Waals surface area contributed by atoms with E-state index in [-0.39, 0.29) is 24.7 Å². The van der Waals surface area contributed by atoms with Crippen LogP contribution in [0.2, 0.25) is 0 Å². The number of aromatic nitrogens is 1. The number of aliphatic carboxylic acids is 1. The highest BCUT2D eigenvalue weighted by atomic mass is 16.5. The van der Waals surface area contributed by atoms with Gasteiger partial charge in [-0.3, -0.25) is 9.59 Å². The average molecular weight is 266 g/mol. The number of hydrogen-bond donors (Lipinski definition) is 2. The molecule has 0 aliphatic rings. The molecule has 1 amide bonds. The quantitative estimate of drug-likeness (QED) is 0.787. The SMILES string of the molecule is CCOc1ncccc1NC(=O)CC(C)CC(=O)O. The monoisotopic (exact) mass is 266 g/mol. The molecule has 6 heteroatoms. The highest BCUT2D eigenvalue weighted by molar-refractivity contribution is 5.92. The molecule has 1 atom stereocenters. The molecule has 19 heavy (non-hydrogen) atoms. The van der Waals surface area contributed by atoms with E-state index >= 15 is 0 Å². The van der Waals surface area contributed by atoms with Gasteiger partial charge in [-0.25, -0.2) is 4.98 Å². The number of ether oxygens (including phenoxy) is 1. The first-order valence-corrected chi connectivity index (χ1v) is 6.12. The van der Waals surface area contributed by atoms with Crippen LogP contribution in [0.4, 0.5) is 5.69 Å². The first-order valence-electron chi connectivity index (χ1n) is 6.12. The summed E-state index contributed by atoms with van der Waals surface area (Å²) in [5, 5.41) is 11.3. The highest BCUT2D eigenvalue weighted by Gasteiger charge is 2.14. The fourth-order valence-corrected chi connectivity index (χ4v) is 1.63. The van der Waals surface area contributed by atoms with Gasteiger partial charge in [-0.2, -0.15) is 0 Å². The standard InChI is InChI=1S/C13H18N2O4/c1-3-19-13-10(5-4-6-14-13)15-11(16)7-9(2)8-12(17)18/h4-6,9H,3,7-8H2,1-2H3,(H,15,16)(H,17,18). The predicted octanol–water partition coefficient (Wildman–Crippen LogP) is 1.92. The zero-order valence-electron chi connectivity index (χ0n) is 11.0. The number of carboxylic acids is 1. The number of pyridine rings is 1. The first-order chi connectivity index (χ1) is 9.02. The zero-order valence-corrected chi connectivity index (χ0v) is 11.0. The Morgan fingerprint density at radius 2 is 2.21 bits per heavy atom. The molecule has 1 unspecified atom stereocenters. The van der Waals surface area contributed by atoms with Crippen molar-refractivity contribution < 1.29 is 19.4 Å². The molecule has 2 N–H and O–H groups in total. The van der Waals surface area contributed by atoms with Crippen LogP contribution in [0.25, 0.3) is 0 Å². The van der Waals surface area contributed by atoms with Crippen LogP contribution in [0.15, 0.2) is 18.3 Å². The van der Waals surface area contributed by atoms with E-state index < -0.39 is 5.97 Å². The van der Waals surface area contributed by atoms with Gasteiger partial charge in [0.25, 0.3) is 0 Å². The third-order valence-corrected chi connectivity index (χ3v) is 2.38. The van der Waals surface area contributed by atoms with Crippen molar-refractivity contribution in [2.45, 2.75) is 26.7 Å². The number of rotatable bonds is 7. The number of carbonyl (C=O) groups is 2. The minimum Gasteiger partial charge on any atom is -0.481 e. The summed E-state index contributed by atoms with van der Waals surface area (Å²) >= 11 is 0. The van der Waals surface area contributed by atoms with E-state index in [4.69, 9.17) is 9.84 Å². The summed E-state index contributed by atoms with van der Waals surface area (Å²) in [6, 6.07) is 3.39. The Balaban J connectivity index is 2.59. The number of nitrogens with one attached hydrogen (secondary N) is 1. The second-order valence-electron chi connectivity index (χ2n) is 4.24. The Hall–Kier alpha value is -2.11. The largest absolute Gasteiger partial charge is 0.481 e. The van der Waals surface area contributed by atoms with Gasteiger partial charge >= 0.3 is 5.97 Å². The van der Waals surface area contributed by atoms with Gasteiger partial charge in [-0.15, -0.1) is 0 Å². The molecule has 6 nitrogen and oxygen atoms in total. The Morgan fingerprint density at radius 1 is 1.47 bits per heavy atom. The maximum atomic E-state index is 11.8. The fraction of sp³-hybridized carbons (Fsp3) is 0.462. The van der Waals surface area contributed by atoms with E-state index in [0.717, 1.165) is 0 Å². The molecule has 1 heterocycles. The van der Waals surface area contributed by atoms with Crippen molar-refractivity contribution >= 4 is 17.6 Å². The van der Waals surface area contributed by atoms with Gasteiger partial charge in [-0.05, 0) is 25.0 Å². The molecule has 0 saturated carbocycles. The lowest BCUT2D eigenvalue weighted by atomic mass is 10.0. The molecule has 0 radical (unpaired) electrons. The normalized spacial score (nSPS) is 11.7. The lowest BCUT2D eigenvalue weighted by Gasteiger charge is -2.12. The summed E-state index contributed by atoms with van der Waals surface area (Å²) in [6.07, 6.45) is 1.69. The Morgan fingerprint density at radius 3 is 2.84 bits per heavy atom. The van der Waals surface area contributed by atoms with Crippen molar-refractivity contribution in [3.05, 3.63) is 18.3 Å². The smallest absolute Gasteiger partial charge is 0.303 e. The van der Waals surface area contributed by atoms with Gasteiger partial charge < -0.3 is 15.2 Å². The molecule has 1 rings (SSSR count). The van der Waals surface area contributed by atoms with Crippen molar-refractivity contribution in [1.29, 1.82) is 0 Å². The third-order valence-electron chi connectivity index (χ3n) is 2.38. The lowest BCUT2D eigenvalue weighted by molar-refractivity contribution is -0.138. The van der Waals surface area contributed by atoms with Crippen LogP contribution < -0.4 is 10.1 Å². The van der Waals surface area contributed by atoms with E-state index in [9.17, 15) is 9.59 Å². The maximum absolute atomic E-state index is 11.8. The molecule has 0 bridgehead atoms. The van der Waals surface area contributed by atoms with Crippen molar-refractivity contribution in [1.82, 2.24) is 4.98 Å². The van der Waals surface area contributed by atoms with E-state index in [1.807, 2.05) is 6.92 Å². The van der Waals surface area contributed by atoms with Gasteiger partial charge in [-0.1, -0.05) is 6.92 Å². The van der Waals surface area contributed by atoms with E-state index in [0.29, 0.717) is 18.2 Å². The van der Waals surface area contributed by atoms with Gasteiger partial charge in [0, 0.05) is 19.0 Å². The van der Waals surface area contributed by atoms with Crippen LogP contribution in [-0.4, -0.2) is 28.6 Å². The van der Waals surface area contributed by atoms with Crippen LogP contribution in [-0.2, 0) is 9.59 Å². The summed E-state index contributed by atoms with van der Waals surface area (Å²) in [6.45, 7) is 4.00. The Bertz CT molecular complexity index is 448. The Kier molecular flexibility index (Phi) is 5.78. The van der Waals surface area contributed by atoms with Crippen molar-refractivity contribution in [2.75, 3.05) is 11.9 Å². The van der Waals surface area contributed by atoms with E-state index in [1.165, 1.54) is 0 Å². The lowest BCUT2D eigenvalue weighted by Crippen LogP contribution is -2.17. The average Bonchev–Trinajstić information content (AvgIpc) is 2.30. The molecular weight excluding hydrogens is 248 g/mol. The molecule has 104 valence electrons. The molecule has 1 aromatic heterocycles. The Labute approximate surface area is 111 Å². The van der Waals surface area contributed by atoms with Crippen LogP contribution in [0.1, 0.15) is 26.7 Å². The number of anilines is 1. The number of carboxylic acid groups (broad SMARTS) is 1. The van der Waals surface area contributed by atoms with Gasteiger partial charge in [0.15, 0.2) is 0 Å². The number of hydrogen-bond acceptors (Lipinski definition) is 4. The number of amides is 1. The molecule has 1 aromatic rings. The van der Waals surface area contributed by atoms with Crippen LogP contribution in [0, 0.1) is 5.92 Å². The molecule has 0 saturated heterocycles. The molecule has 0 aromatic carbocycles. The van der Waals surface area contributed by atoms with E-state index in [2.05, 4.69) is 10.3 Å². The summed E-state index contributed by atoms with van der Waals surface area (Å²) in [4.78, 5) is 26.3. The molecule has 0 spiro atoms. The number of nitrogens with zero attached hydrogens (tertiary/aromatic N) is 1. The van der Waals surface area contributed by atoms with Crippen molar-refractivity contribution in [3.8, 4) is 5.88 Å². The van der Waals surface area contributed by atoms with Crippen LogP contribution in [0.3, 0.4) is 0 Å². The first kappa shape index (κ1) is 14.9. The second kappa shape index (κ2) is 7.35. The van der Waals surface area contributed by atoms with Crippen LogP contribution in [0.5, 0.6) is 5.88 Å². The summed E-state index contributed by atoms with van der Waals surface area (Å²) < 4.78 is 5.29. The summed E-state index contributed by atoms with van der Waals surface area (Å²) in [5.41, 5.74) is 0.497. The molecular formula is C13H18N2O4. The molecule has 0 aliphatic heterocycles. The van der Waals surface area contributed by atoms with Crippen molar-refractivity contribution in [3.63, 3.8) is 0 Å². The van der Waals surface area contributed by atoms with Crippen LogP contribution >= 0.6 is 0 Å². The molecule has 0 aliphatic carbocycles. The summed E-state index contributed by atoms with van der Waals surface area (Å²) in [5.74, 6) is -1.01. The van der Waals surface area contributed by atoms with E-state index in [1.54, 1.807) is 25.3 Å². The molecule has 0 fully saturated rings. The highest BCUT2D eigenvalue weighted by Crippen LogP contribution is 2.21. The minimum atomic E-state index is -0.906. The van der Waals surface area contributed by atoms with Gasteiger partial charge in [0.05, 0.1) is 6.61 Å². The predicted molar refractivity (Wildman–Crippen MR) is 70.1 cm³/mol.